The normalized spacial score (nSPS) is 12.1. The number of rotatable bonds is 5. The maximum absolute atomic E-state index is 4.94. The Labute approximate surface area is 77.5 Å². The van der Waals surface area contributed by atoms with Crippen LogP contribution in [-0.4, -0.2) is 36.5 Å². The fraction of sp³-hybridized carbons (Fsp3) is 1.00. The van der Waals surface area contributed by atoms with E-state index in [-0.39, 0.29) is 0 Å². The molecule has 0 aromatic carbocycles. The molecule has 0 saturated carbocycles. The minimum atomic E-state index is 0.475. The van der Waals surface area contributed by atoms with Gasteiger partial charge in [0.2, 0.25) is 0 Å². The SMILES string of the molecule is [Li][CH2]C(C)(C)CSCOC. The summed E-state index contributed by atoms with van der Waals surface area (Å²) in [6, 6.07) is 0. The number of hydrogen-bond donors (Lipinski definition) is 0. The molecule has 0 aliphatic heterocycles. The third-order valence-electron chi connectivity index (χ3n) is 1.65. The zero-order valence-corrected chi connectivity index (χ0v) is 8.25. The summed E-state index contributed by atoms with van der Waals surface area (Å²) in [5, 5.41) is 1.24. The topological polar surface area (TPSA) is 9.23 Å². The Morgan fingerprint density at radius 2 is 2.10 bits per heavy atom. The van der Waals surface area contributed by atoms with E-state index in [9.17, 15) is 0 Å². The van der Waals surface area contributed by atoms with Crippen molar-refractivity contribution in [1.82, 2.24) is 0 Å². The summed E-state index contributed by atoms with van der Waals surface area (Å²) < 4.78 is 4.94. The first-order chi connectivity index (χ1) is 4.62. The molecule has 0 aromatic rings. The van der Waals surface area contributed by atoms with Crippen LogP contribution in [0.15, 0.2) is 0 Å². The molecule has 0 N–H and O–H groups in total. The third kappa shape index (κ3) is 5.67. The molecule has 0 amide bonds. The molecule has 56 valence electrons. The third-order valence-corrected chi connectivity index (χ3v) is 3.04. The van der Waals surface area contributed by atoms with Crippen LogP contribution in [-0.2, 0) is 4.74 Å². The first-order valence-electron chi connectivity index (χ1n) is 3.69. The Morgan fingerprint density at radius 3 is 2.50 bits per heavy atom. The summed E-state index contributed by atoms with van der Waals surface area (Å²) in [5.41, 5.74) is 0.475. The van der Waals surface area contributed by atoms with E-state index in [0.29, 0.717) is 5.41 Å². The first-order valence-corrected chi connectivity index (χ1v) is 4.84. The molecular formula is C7H15LiOS. The zero-order chi connectivity index (χ0) is 8.04. The van der Waals surface area contributed by atoms with Crippen molar-refractivity contribution in [3.05, 3.63) is 0 Å². The Bertz CT molecular complexity index is 85.7. The first kappa shape index (κ1) is 10.9. The van der Waals surface area contributed by atoms with Gasteiger partial charge in [-0.05, 0) is 0 Å². The van der Waals surface area contributed by atoms with Gasteiger partial charge in [-0.1, -0.05) is 0 Å². The summed E-state index contributed by atoms with van der Waals surface area (Å²) in [4.78, 5) is 0. The van der Waals surface area contributed by atoms with Crippen molar-refractivity contribution < 1.29 is 4.74 Å². The zero-order valence-electron chi connectivity index (χ0n) is 7.44. The van der Waals surface area contributed by atoms with Crippen LogP contribution in [0.5, 0.6) is 0 Å². The van der Waals surface area contributed by atoms with E-state index in [1.807, 2.05) is 11.8 Å². The number of thioether (sulfide) groups is 1. The van der Waals surface area contributed by atoms with Gasteiger partial charge < -0.3 is 0 Å². The molecule has 0 rings (SSSR count). The van der Waals surface area contributed by atoms with Crippen LogP contribution in [0.2, 0.25) is 5.09 Å². The quantitative estimate of drug-likeness (QED) is 0.340. The average molecular weight is 154 g/mol. The number of ether oxygens (including phenoxy) is 1. The molecule has 0 radical (unpaired) electrons. The predicted molar refractivity (Wildman–Crippen MR) is 48.7 cm³/mol. The Hall–Kier alpha value is 0.907. The molecule has 0 spiro atoms. The van der Waals surface area contributed by atoms with Crippen molar-refractivity contribution in [2.75, 3.05) is 18.8 Å². The maximum atomic E-state index is 4.94. The van der Waals surface area contributed by atoms with Crippen LogP contribution in [0.25, 0.3) is 0 Å². The molecule has 0 aromatic heterocycles. The van der Waals surface area contributed by atoms with E-state index in [0.717, 1.165) is 5.94 Å². The molecule has 10 heavy (non-hydrogen) atoms. The summed E-state index contributed by atoms with van der Waals surface area (Å²) in [7, 11) is 1.74. The molecular weight excluding hydrogens is 139 g/mol. The van der Waals surface area contributed by atoms with E-state index < -0.39 is 0 Å². The molecule has 0 fully saturated rings. The summed E-state index contributed by atoms with van der Waals surface area (Å²) >= 11 is 4.09. The van der Waals surface area contributed by atoms with E-state index in [1.54, 1.807) is 7.11 Å². The molecule has 3 heteroatoms. The number of methoxy groups -OCH3 is 1. The van der Waals surface area contributed by atoms with E-state index in [2.05, 4.69) is 31.6 Å². The molecule has 0 heterocycles. The monoisotopic (exact) mass is 154 g/mol. The summed E-state index contributed by atoms with van der Waals surface area (Å²) in [6.07, 6.45) is 0. The Balaban J connectivity index is 3.28. The molecule has 1 nitrogen and oxygen atoms in total. The summed E-state index contributed by atoms with van der Waals surface area (Å²) in [6.45, 7) is 4.57. The van der Waals surface area contributed by atoms with E-state index in [4.69, 9.17) is 4.74 Å². The average Bonchev–Trinajstić information content (AvgIpc) is 1.89. The van der Waals surface area contributed by atoms with Crippen molar-refractivity contribution in [2.45, 2.75) is 18.9 Å². The molecule has 0 aliphatic carbocycles. The van der Waals surface area contributed by atoms with Gasteiger partial charge in [0.25, 0.3) is 0 Å². The van der Waals surface area contributed by atoms with Crippen LogP contribution in [0.4, 0.5) is 0 Å². The van der Waals surface area contributed by atoms with Crippen molar-refractivity contribution in [2.24, 2.45) is 5.41 Å². The van der Waals surface area contributed by atoms with Crippen LogP contribution < -0.4 is 0 Å². The minimum absolute atomic E-state index is 0.475. The summed E-state index contributed by atoms with van der Waals surface area (Å²) in [5.74, 6) is 2.01. The van der Waals surface area contributed by atoms with Crippen molar-refractivity contribution >= 4 is 29.5 Å². The molecule has 0 saturated heterocycles. The molecule has 0 atom stereocenters. The van der Waals surface area contributed by atoms with Gasteiger partial charge in [0.1, 0.15) is 0 Å². The van der Waals surface area contributed by atoms with Gasteiger partial charge in [0, 0.05) is 0 Å². The Kier molecular flexibility index (Phi) is 6.05. The number of hydrogen-bond acceptors (Lipinski definition) is 2. The van der Waals surface area contributed by atoms with E-state index >= 15 is 0 Å². The van der Waals surface area contributed by atoms with Gasteiger partial charge in [-0.25, -0.2) is 0 Å². The van der Waals surface area contributed by atoms with Gasteiger partial charge in [0.05, 0.1) is 0 Å². The second-order valence-electron chi connectivity index (χ2n) is 3.27. The van der Waals surface area contributed by atoms with Gasteiger partial charge in [-0.15, -0.1) is 0 Å². The van der Waals surface area contributed by atoms with Gasteiger partial charge in [-0.2, -0.15) is 0 Å². The van der Waals surface area contributed by atoms with Crippen molar-refractivity contribution in [3.63, 3.8) is 0 Å². The molecule has 0 bridgehead atoms. The van der Waals surface area contributed by atoms with Gasteiger partial charge >= 0.3 is 77.4 Å². The second kappa shape index (κ2) is 5.54. The molecule has 0 unspecified atom stereocenters. The fourth-order valence-corrected chi connectivity index (χ4v) is 1.51. The van der Waals surface area contributed by atoms with Gasteiger partial charge in [0.15, 0.2) is 0 Å². The van der Waals surface area contributed by atoms with Crippen molar-refractivity contribution in [1.29, 1.82) is 0 Å². The van der Waals surface area contributed by atoms with Crippen molar-refractivity contribution in [3.8, 4) is 0 Å². The fourth-order valence-electron chi connectivity index (χ4n) is 0.503. The van der Waals surface area contributed by atoms with Crippen LogP contribution in [0.3, 0.4) is 0 Å². The van der Waals surface area contributed by atoms with Crippen LogP contribution >= 0.6 is 11.8 Å². The second-order valence-corrected chi connectivity index (χ2v) is 4.21. The standard InChI is InChI=1S/C7H15OS.Li/c1-7(2,3)5-9-6-8-4;/h1,5-6H2,2-4H3;. The predicted octanol–water partition coefficient (Wildman–Crippen LogP) is 1.94. The molecule has 0 aliphatic rings. The van der Waals surface area contributed by atoms with Crippen LogP contribution in [0.1, 0.15) is 13.8 Å². The Morgan fingerprint density at radius 1 is 1.50 bits per heavy atom. The van der Waals surface area contributed by atoms with Gasteiger partial charge in [-0.3, -0.25) is 0 Å². The van der Waals surface area contributed by atoms with E-state index in [1.165, 1.54) is 10.8 Å². The van der Waals surface area contributed by atoms with Crippen LogP contribution in [0, 0.1) is 5.41 Å².